The maximum absolute atomic E-state index is 13.2. The summed E-state index contributed by atoms with van der Waals surface area (Å²) in [6.45, 7) is 0. The lowest BCUT2D eigenvalue weighted by Crippen LogP contribution is -2.05. The summed E-state index contributed by atoms with van der Waals surface area (Å²) >= 11 is 0. The third-order valence-corrected chi connectivity index (χ3v) is 3.98. The number of nitrogens with zero attached hydrogens (tertiary/aromatic N) is 3. The van der Waals surface area contributed by atoms with E-state index >= 15 is 0 Å². The molecule has 0 saturated carbocycles. The Morgan fingerprint density at radius 3 is 2.82 bits per heavy atom. The molecule has 0 aliphatic heterocycles. The number of nitrogens with one attached hydrogen (secondary N) is 1. The number of hydrogen-bond acceptors (Lipinski definition) is 5. The molecular formula is C14H9FN4O2S. The number of nitriles is 1. The number of hydrogen-bond donors (Lipinski definition) is 1. The Labute approximate surface area is 125 Å². The molecule has 0 aliphatic rings. The van der Waals surface area contributed by atoms with Gasteiger partial charge in [0.05, 0.1) is 17.5 Å². The molecule has 0 fully saturated rings. The van der Waals surface area contributed by atoms with Crippen molar-refractivity contribution in [3.63, 3.8) is 0 Å². The molecule has 0 amide bonds. The van der Waals surface area contributed by atoms with E-state index in [0.717, 1.165) is 6.26 Å². The van der Waals surface area contributed by atoms with Crippen molar-refractivity contribution >= 4 is 20.7 Å². The molecule has 110 valence electrons. The van der Waals surface area contributed by atoms with Crippen molar-refractivity contribution < 1.29 is 12.8 Å². The van der Waals surface area contributed by atoms with Crippen molar-refractivity contribution in [1.82, 2.24) is 15.0 Å². The standard InChI is InChI=1S/C14H9FN4O2S/c1-22(20,21)14-18-6-8(5-16)13(19-14)11-7-17-12-4-9(15)2-3-10(11)12/h2-4,6-7,17H,1H3. The van der Waals surface area contributed by atoms with Gasteiger partial charge in [-0.15, -0.1) is 0 Å². The first-order valence-corrected chi connectivity index (χ1v) is 8.03. The number of fused-ring (bicyclic) bond motifs is 1. The smallest absolute Gasteiger partial charge is 0.247 e. The first-order chi connectivity index (χ1) is 10.4. The molecule has 1 N–H and O–H groups in total. The second kappa shape index (κ2) is 4.89. The Morgan fingerprint density at radius 1 is 1.36 bits per heavy atom. The number of sulfone groups is 1. The lowest BCUT2D eigenvalue weighted by atomic mass is 10.1. The highest BCUT2D eigenvalue weighted by atomic mass is 32.2. The molecule has 0 atom stereocenters. The zero-order valence-corrected chi connectivity index (χ0v) is 12.1. The summed E-state index contributed by atoms with van der Waals surface area (Å²) in [6, 6.07) is 6.06. The van der Waals surface area contributed by atoms with E-state index in [9.17, 15) is 18.1 Å². The van der Waals surface area contributed by atoms with Gasteiger partial charge in [-0.25, -0.2) is 22.8 Å². The molecule has 22 heavy (non-hydrogen) atoms. The van der Waals surface area contributed by atoms with Crippen LogP contribution < -0.4 is 0 Å². The van der Waals surface area contributed by atoms with Gasteiger partial charge in [-0.1, -0.05) is 0 Å². The minimum absolute atomic E-state index is 0.137. The Bertz CT molecular complexity index is 1030. The van der Waals surface area contributed by atoms with Crippen LogP contribution in [0.5, 0.6) is 0 Å². The molecule has 0 unspecified atom stereocenters. The second-order valence-corrected chi connectivity index (χ2v) is 6.60. The van der Waals surface area contributed by atoms with Crippen molar-refractivity contribution in [2.24, 2.45) is 0 Å². The van der Waals surface area contributed by atoms with Crippen LogP contribution in [0.25, 0.3) is 22.2 Å². The topological polar surface area (TPSA) is 99.5 Å². The lowest BCUT2D eigenvalue weighted by molar-refractivity contribution is 0.593. The fourth-order valence-electron chi connectivity index (χ4n) is 2.13. The number of aromatic nitrogens is 3. The van der Waals surface area contributed by atoms with Crippen molar-refractivity contribution in [2.75, 3.05) is 6.26 Å². The van der Waals surface area contributed by atoms with Gasteiger partial charge in [-0.2, -0.15) is 5.26 Å². The quantitative estimate of drug-likeness (QED) is 0.729. The summed E-state index contributed by atoms with van der Waals surface area (Å²) in [5.74, 6) is -0.402. The van der Waals surface area contributed by atoms with E-state index in [1.165, 1.54) is 18.3 Å². The van der Waals surface area contributed by atoms with E-state index in [2.05, 4.69) is 15.0 Å². The van der Waals surface area contributed by atoms with E-state index in [1.54, 1.807) is 12.3 Å². The van der Waals surface area contributed by atoms with Gasteiger partial charge >= 0.3 is 0 Å². The first kappa shape index (κ1) is 14.2. The number of rotatable bonds is 2. The molecular weight excluding hydrogens is 307 g/mol. The van der Waals surface area contributed by atoms with Gasteiger partial charge < -0.3 is 4.98 Å². The van der Waals surface area contributed by atoms with Crippen LogP contribution in [-0.4, -0.2) is 29.6 Å². The SMILES string of the molecule is CS(=O)(=O)c1ncc(C#N)c(-c2c[nH]c3cc(F)ccc23)n1. The number of benzene rings is 1. The number of aromatic amines is 1. The molecule has 8 heteroatoms. The molecule has 0 aliphatic carbocycles. The number of H-pyrrole nitrogens is 1. The molecule has 3 rings (SSSR count). The van der Waals surface area contributed by atoms with Gasteiger partial charge in [-0.05, 0) is 18.2 Å². The highest BCUT2D eigenvalue weighted by molar-refractivity contribution is 7.90. The Kier molecular flexibility index (Phi) is 3.15. The van der Waals surface area contributed by atoms with Crippen LogP contribution in [0.3, 0.4) is 0 Å². The molecule has 0 bridgehead atoms. The predicted molar refractivity (Wildman–Crippen MR) is 77.1 cm³/mol. The van der Waals surface area contributed by atoms with Crippen LogP contribution in [0.4, 0.5) is 4.39 Å². The zero-order valence-electron chi connectivity index (χ0n) is 11.3. The minimum atomic E-state index is -3.60. The summed E-state index contributed by atoms with van der Waals surface area (Å²) in [4.78, 5) is 10.6. The van der Waals surface area contributed by atoms with E-state index in [1.807, 2.05) is 6.07 Å². The summed E-state index contributed by atoms with van der Waals surface area (Å²) in [6.07, 6.45) is 3.71. The molecule has 3 aromatic rings. The summed E-state index contributed by atoms with van der Waals surface area (Å²) in [5, 5.41) is 9.45. The molecule has 2 aromatic heterocycles. The third-order valence-electron chi connectivity index (χ3n) is 3.12. The van der Waals surface area contributed by atoms with Crippen molar-refractivity contribution in [1.29, 1.82) is 5.26 Å². The lowest BCUT2D eigenvalue weighted by Gasteiger charge is -2.04. The van der Waals surface area contributed by atoms with Crippen molar-refractivity contribution in [2.45, 2.75) is 5.16 Å². The number of halogens is 1. The Balaban J connectivity index is 2.32. The Hall–Kier alpha value is -2.79. The second-order valence-electron chi connectivity index (χ2n) is 4.69. The van der Waals surface area contributed by atoms with Crippen LogP contribution in [0.15, 0.2) is 35.7 Å². The third kappa shape index (κ3) is 2.31. The normalized spacial score (nSPS) is 11.5. The monoisotopic (exact) mass is 316 g/mol. The minimum Gasteiger partial charge on any atom is -0.360 e. The van der Waals surface area contributed by atoms with Crippen LogP contribution in [0.2, 0.25) is 0 Å². The van der Waals surface area contributed by atoms with Gasteiger partial charge in [0.1, 0.15) is 11.9 Å². The molecule has 0 spiro atoms. The summed E-state index contributed by atoms with van der Waals surface area (Å²) < 4.78 is 36.4. The van der Waals surface area contributed by atoms with E-state index in [4.69, 9.17) is 0 Å². The van der Waals surface area contributed by atoms with Crippen LogP contribution in [-0.2, 0) is 9.84 Å². The van der Waals surface area contributed by atoms with Gasteiger partial charge in [0, 0.05) is 28.9 Å². The first-order valence-electron chi connectivity index (χ1n) is 6.14. The van der Waals surface area contributed by atoms with Gasteiger partial charge in [0.15, 0.2) is 0 Å². The van der Waals surface area contributed by atoms with E-state index < -0.39 is 15.7 Å². The predicted octanol–water partition coefficient (Wildman–Crippen LogP) is 2.04. The Morgan fingerprint density at radius 2 is 2.14 bits per heavy atom. The molecule has 0 radical (unpaired) electrons. The van der Waals surface area contributed by atoms with Crippen LogP contribution in [0, 0.1) is 17.1 Å². The summed E-state index contributed by atoms with van der Waals surface area (Å²) in [7, 11) is -3.60. The largest absolute Gasteiger partial charge is 0.360 e. The maximum atomic E-state index is 13.2. The van der Waals surface area contributed by atoms with Gasteiger partial charge in [-0.3, -0.25) is 0 Å². The highest BCUT2D eigenvalue weighted by Crippen LogP contribution is 2.30. The fourth-order valence-corrected chi connectivity index (χ4v) is 2.63. The summed E-state index contributed by atoms with van der Waals surface area (Å²) in [5.41, 5.74) is 1.37. The molecule has 6 nitrogen and oxygen atoms in total. The fraction of sp³-hybridized carbons (Fsp3) is 0.0714. The maximum Gasteiger partial charge on any atom is 0.247 e. The van der Waals surface area contributed by atoms with Gasteiger partial charge in [0.25, 0.3) is 0 Å². The van der Waals surface area contributed by atoms with Crippen LogP contribution in [0.1, 0.15) is 5.56 Å². The van der Waals surface area contributed by atoms with Gasteiger partial charge in [0.2, 0.25) is 15.0 Å². The van der Waals surface area contributed by atoms with E-state index in [0.29, 0.717) is 16.5 Å². The van der Waals surface area contributed by atoms with Crippen molar-refractivity contribution in [3.05, 3.63) is 42.0 Å². The molecule has 0 saturated heterocycles. The highest BCUT2D eigenvalue weighted by Gasteiger charge is 2.18. The van der Waals surface area contributed by atoms with Crippen molar-refractivity contribution in [3.8, 4) is 17.3 Å². The molecule has 1 aromatic carbocycles. The average Bonchev–Trinajstić information content (AvgIpc) is 2.88. The average molecular weight is 316 g/mol. The molecule has 2 heterocycles. The van der Waals surface area contributed by atoms with Crippen LogP contribution >= 0.6 is 0 Å². The van der Waals surface area contributed by atoms with E-state index in [-0.39, 0.29) is 16.4 Å². The zero-order chi connectivity index (χ0) is 15.9.